The van der Waals surface area contributed by atoms with Crippen LogP contribution in [0.5, 0.6) is 5.75 Å². The zero-order valence-electron chi connectivity index (χ0n) is 11.9. The zero-order valence-corrected chi connectivity index (χ0v) is 11.9. The van der Waals surface area contributed by atoms with Gasteiger partial charge in [-0.1, -0.05) is 18.9 Å². The van der Waals surface area contributed by atoms with Crippen LogP contribution in [-0.2, 0) is 11.2 Å². The summed E-state index contributed by atoms with van der Waals surface area (Å²) in [6.07, 6.45) is 6.29. The number of anilines is 1. The van der Waals surface area contributed by atoms with Crippen LogP contribution in [0.4, 0.5) is 5.69 Å². The van der Waals surface area contributed by atoms with Crippen molar-refractivity contribution in [3.8, 4) is 5.75 Å². The Hall–Kier alpha value is -1.55. The van der Waals surface area contributed by atoms with Crippen LogP contribution in [0.25, 0.3) is 0 Å². The molecule has 2 aliphatic rings. The SMILES string of the molecule is CC(Cc1ccc2c(c1)NC(=O)CO2)NC1CCCC1. The van der Waals surface area contributed by atoms with Crippen LogP contribution in [0.2, 0.25) is 0 Å². The summed E-state index contributed by atoms with van der Waals surface area (Å²) in [6.45, 7) is 2.35. The number of carbonyl (C=O) groups is 1. The van der Waals surface area contributed by atoms with Crippen LogP contribution in [-0.4, -0.2) is 24.6 Å². The number of carbonyl (C=O) groups excluding carboxylic acids is 1. The van der Waals surface area contributed by atoms with E-state index in [2.05, 4.69) is 23.6 Å². The molecular formula is C16H22N2O2. The molecule has 2 N–H and O–H groups in total. The lowest BCUT2D eigenvalue weighted by Gasteiger charge is -2.21. The van der Waals surface area contributed by atoms with Crippen molar-refractivity contribution in [3.05, 3.63) is 23.8 Å². The summed E-state index contributed by atoms with van der Waals surface area (Å²) in [6, 6.07) is 7.21. The van der Waals surface area contributed by atoms with E-state index < -0.39 is 0 Å². The third-order valence-electron chi connectivity index (χ3n) is 4.09. The van der Waals surface area contributed by atoms with Gasteiger partial charge in [0.2, 0.25) is 0 Å². The van der Waals surface area contributed by atoms with Crippen molar-refractivity contribution >= 4 is 11.6 Å². The van der Waals surface area contributed by atoms with E-state index in [0.29, 0.717) is 12.1 Å². The van der Waals surface area contributed by atoms with E-state index in [1.807, 2.05) is 12.1 Å². The van der Waals surface area contributed by atoms with Crippen molar-refractivity contribution in [3.63, 3.8) is 0 Å². The molecule has 0 radical (unpaired) electrons. The van der Waals surface area contributed by atoms with E-state index in [-0.39, 0.29) is 12.5 Å². The summed E-state index contributed by atoms with van der Waals surface area (Å²) < 4.78 is 5.38. The number of nitrogens with one attached hydrogen (secondary N) is 2. The van der Waals surface area contributed by atoms with Crippen LogP contribution in [0.15, 0.2) is 18.2 Å². The van der Waals surface area contributed by atoms with Crippen LogP contribution in [0.3, 0.4) is 0 Å². The summed E-state index contributed by atoms with van der Waals surface area (Å²) in [4.78, 5) is 11.3. The maximum atomic E-state index is 11.3. The fraction of sp³-hybridized carbons (Fsp3) is 0.562. The molecule has 0 aromatic heterocycles. The predicted molar refractivity (Wildman–Crippen MR) is 79.1 cm³/mol. The first kappa shape index (κ1) is 13.4. The quantitative estimate of drug-likeness (QED) is 0.887. The summed E-state index contributed by atoms with van der Waals surface area (Å²) in [5.41, 5.74) is 2.03. The Kier molecular flexibility index (Phi) is 3.92. The van der Waals surface area contributed by atoms with E-state index in [4.69, 9.17) is 4.74 Å². The third kappa shape index (κ3) is 3.12. The third-order valence-corrected chi connectivity index (χ3v) is 4.09. The van der Waals surface area contributed by atoms with E-state index in [9.17, 15) is 4.79 Å². The van der Waals surface area contributed by atoms with Gasteiger partial charge < -0.3 is 15.4 Å². The van der Waals surface area contributed by atoms with Crippen LogP contribution < -0.4 is 15.4 Å². The molecule has 1 fully saturated rings. The summed E-state index contributed by atoms with van der Waals surface area (Å²) in [5, 5.41) is 6.56. The maximum absolute atomic E-state index is 11.3. The summed E-state index contributed by atoms with van der Waals surface area (Å²) in [7, 11) is 0. The van der Waals surface area contributed by atoms with Gasteiger partial charge in [-0.15, -0.1) is 0 Å². The lowest BCUT2D eigenvalue weighted by atomic mass is 10.0. The Morgan fingerprint density at radius 2 is 2.20 bits per heavy atom. The highest BCUT2D eigenvalue weighted by molar-refractivity contribution is 5.95. The van der Waals surface area contributed by atoms with Gasteiger partial charge in [0.15, 0.2) is 6.61 Å². The first-order valence-electron chi connectivity index (χ1n) is 7.52. The Morgan fingerprint density at radius 3 is 3.00 bits per heavy atom. The number of amides is 1. The molecule has 1 heterocycles. The van der Waals surface area contributed by atoms with Gasteiger partial charge in [-0.25, -0.2) is 0 Å². The molecule has 1 aromatic carbocycles. The number of benzene rings is 1. The van der Waals surface area contributed by atoms with Crippen molar-refractivity contribution in [1.29, 1.82) is 0 Å². The van der Waals surface area contributed by atoms with Gasteiger partial charge in [-0.05, 0) is 43.9 Å². The molecule has 1 aromatic rings. The van der Waals surface area contributed by atoms with Gasteiger partial charge >= 0.3 is 0 Å². The first-order valence-corrected chi connectivity index (χ1v) is 7.52. The van der Waals surface area contributed by atoms with E-state index >= 15 is 0 Å². The van der Waals surface area contributed by atoms with Gasteiger partial charge in [0.25, 0.3) is 5.91 Å². The fourth-order valence-corrected chi connectivity index (χ4v) is 3.16. The minimum absolute atomic E-state index is 0.0771. The van der Waals surface area contributed by atoms with Crippen molar-refractivity contribution in [2.75, 3.05) is 11.9 Å². The number of hydrogen-bond donors (Lipinski definition) is 2. The second-order valence-electron chi connectivity index (χ2n) is 5.92. The second-order valence-corrected chi connectivity index (χ2v) is 5.92. The Bertz CT molecular complexity index is 495. The highest BCUT2D eigenvalue weighted by atomic mass is 16.5. The fourth-order valence-electron chi connectivity index (χ4n) is 3.16. The molecule has 108 valence electrons. The van der Waals surface area contributed by atoms with Gasteiger partial charge in [0.1, 0.15) is 5.75 Å². The van der Waals surface area contributed by atoms with Crippen molar-refractivity contribution < 1.29 is 9.53 Å². The normalized spacial score (nSPS) is 20.1. The largest absolute Gasteiger partial charge is 0.482 e. The molecule has 1 saturated carbocycles. The number of ether oxygens (including phenoxy) is 1. The molecule has 3 rings (SSSR count). The van der Waals surface area contributed by atoms with Crippen LogP contribution >= 0.6 is 0 Å². The summed E-state index contributed by atoms with van der Waals surface area (Å²) >= 11 is 0. The van der Waals surface area contributed by atoms with Gasteiger partial charge in [-0.2, -0.15) is 0 Å². The number of hydrogen-bond acceptors (Lipinski definition) is 3. The van der Waals surface area contributed by atoms with Crippen molar-refractivity contribution in [2.24, 2.45) is 0 Å². The minimum atomic E-state index is -0.0771. The van der Waals surface area contributed by atoms with Crippen LogP contribution in [0.1, 0.15) is 38.2 Å². The smallest absolute Gasteiger partial charge is 0.262 e. The molecule has 0 bridgehead atoms. The standard InChI is InChI=1S/C16H22N2O2/c1-11(17-13-4-2-3-5-13)8-12-6-7-15-14(9-12)18-16(19)10-20-15/h6-7,9,11,13,17H,2-5,8,10H2,1H3,(H,18,19). The molecule has 4 nitrogen and oxygen atoms in total. The molecule has 4 heteroatoms. The lowest BCUT2D eigenvalue weighted by Crippen LogP contribution is -2.36. The molecule has 0 saturated heterocycles. The Morgan fingerprint density at radius 1 is 1.40 bits per heavy atom. The van der Waals surface area contributed by atoms with Gasteiger partial charge in [0, 0.05) is 12.1 Å². The minimum Gasteiger partial charge on any atom is -0.482 e. The molecule has 1 aliphatic heterocycles. The molecule has 1 amide bonds. The van der Waals surface area contributed by atoms with E-state index in [1.54, 1.807) is 0 Å². The van der Waals surface area contributed by atoms with E-state index in [0.717, 1.165) is 17.9 Å². The topological polar surface area (TPSA) is 50.4 Å². The van der Waals surface area contributed by atoms with Crippen molar-refractivity contribution in [2.45, 2.75) is 51.1 Å². The lowest BCUT2D eigenvalue weighted by molar-refractivity contribution is -0.118. The Labute approximate surface area is 119 Å². The maximum Gasteiger partial charge on any atom is 0.262 e. The van der Waals surface area contributed by atoms with Crippen molar-refractivity contribution in [1.82, 2.24) is 5.32 Å². The second kappa shape index (κ2) is 5.83. The molecule has 1 atom stereocenters. The molecule has 1 unspecified atom stereocenters. The van der Waals surface area contributed by atoms with Crippen LogP contribution in [0, 0.1) is 0 Å². The molecule has 0 spiro atoms. The first-order chi connectivity index (χ1) is 9.70. The molecular weight excluding hydrogens is 252 g/mol. The predicted octanol–water partition coefficient (Wildman–Crippen LogP) is 2.48. The average Bonchev–Trinajstić information content (AvgIpc) is 2.91. The highest BCUT2D eigenvalue weighted by Crippen LogP contribution is 2.29. The number of fused-ring (bicyclic) bond motifs is 1. The van der Waals surface area contributed by atoms with E-state index in [1.165, 1.54) is 31.2 Å². The number of rotatable bonds is 4. The van der Waals surface area contributed by atoms with Gasteiger partial charge in [0.05, 0.1) is 5.69 Å². The highest BCUT2D eigenvalue weighted by Gasteiger charge is 2.19. The average molecular weight is 274 g/mol. The molecule has 20 heavy (non-hydrogen) atoms. The monoisotopic (exact) mass is 274 g/mol. The Balaban J connectivity index is 1.62. The summed E-state index contributed by atoms with van der Waals surface area (Å²) in [5.74, 6) is 0.691. The molecule has 1 aliphatic carbocycles. The zero-order chi connectivity index (χ0) is 13.9. The van der Waals surface area contributed by atoms with Gasteiger partial charge in [-0.3, -0.25) is 4.79 Å².